The van der Waals surface area contributed by atoms with Gasteiger partial charge in [-0.1, -0.05) is 66.7 Å². The smallest absolute Gasteiger partial charge is 0.272 e. The van der Waals surface area contributed by atoms with Crippen LogP contribution in [-0.2, 0) is 9.59 Å². The number of aromatic nitrogens is 1. The summed E-state index contributed by atoms with van der Waals surface area (Å²) in [6.45, 7) is 1.98. The summed E-state index contributed by atoms with van der Waals surface area (Å²) in [5.74, 6) is -0.887. The second-order valence-corrected chi connectivity index (χ2v) is 12.7. The van der Waals surface area contributed by atoms with E-state index < -0.39 is 11.8 Å². The van der Waals surface area contributed by atoms with Crippen LogP contribution in [0, 0.1) is 6.92 Å². The lowest BCUT2D eigenvalue weighted by atomic mass is 10.1. The molecular formula is C36H33N5O3S2. The lowest BCUT2D eigenvalue weighted by Gasteiger charge is -2.14. The zero-order valence-corrected chi connectivity index (χ0v) is 27.2. The number of amides is 3. The molecule has 0 aliphatic heterocycles. The van der Waals surface area contributed by atoms with Crippen molar-refractivity contribution in [1.82, 2.24) is 10.3 Å². The van der Waals surface area contributed by atoms with Gasteiger partial charge in [0.2, 0.25) is 5.91 Å². The number of hydrogen-bond donors (Lipinski definition) is 3. The number of nitrogens with zero attached hydrogens (tertiary/aromatic N) is 2. The highest BCUT2D eigenvalue weighted by molar-refractivity contribution is 8.00. The third-order valence-corrected chi connectivity index (χ3v) is 8.68. The first kappa shape index (κ1) is 32.2. The molecule has 0 bridgehead atoms. The zero-order valence-electron chi connectivity index (χ0n) is 25.6. The molecule has 5 aromatic rings. The second kappa shape index (κ2) is 15.2. The average Bonchev–Trinajstić information content (AvgIpc) is 3.44. The first-order valence-corrected chi connectivity index (χ1v) is 16.3. The molecule has 0 unspecified atom stereocenters. The summed E-state index contributed by atoms with van der Waals surface area (Å²) in [7, 11) is 3.90. The molecule has 0 saturated heterocycles. The molecule has 3 N–H and O–H groups in total. The number of thiazole rings is 1. The molecule has 232 valence electrons. The third kappa shape index (κ3) is 8.71. The van der Waals surface area contributed by atoms with Crippen molar-refractivity contribution in [1.29, 1.82) is 0 Å². The third-order valence-electron chi connectivity index (χ3n) is 6.80. The molecule has 46 heavy (non-hydrogen) atoms. The molecule has 0 radical (unpaired) electrons. The maximum Gasteiger partial charge on any atom is 0.272 e. The van der Waals surface area contributed by atoms with E-state index in [-0.39, 0.29) is 17.4 Å². The minimum Gasteiger partial charge on any atom is -0.378 e. The first-order chi connectivity index (χ1) is 22.2. The summed E-state index contributed by atoms with van der Waals surface area (Å²) in [5.41, 5.74) is 4.69. The zero-order chi connectivity index (χ0) is 32.5. The summed E-state index contributed by atoms with van der Waals surface area (Å²) in [4.78, 5) is 47.7. The van der Waals surface area contributed by atoms with Gasteiger partial charge in [-0.3, -0.25) is 14.4 Å². The van der Waals surface area contributed by atoms with E-state index in [2.05, 4.69) is 20.9 Å². The van der Waals surface area contributed by atoms with Crippen molar-refractivity contribution < 1.29 is 14.4 Å². The van der Waals surface area contributed by atoms with Crippen molar-refractivity contribution >= 4 is 63.4 Å². The van der Waals surface area contributed by atoms with Crippen molar-refractivity contribution in [3.63, 3.8) is 0 Å². The topological polar surface area (TPSA) is 103 Å². The minimum absolute atomic E-state index is 0.0949. The van der Waals surface area contributed by atoms with Crippen LogP contribution in [0.1, 0.15) is 20.8 Å². The molecule has 0 fully saturated rings. The quantitative estimate of drug-likeness (QED) is 0.103. The summed E-state index contributed by atoms with van der Waals surface area (Å²) >= 11 is 2.78. The van der Waals surface area contributed by atoms with Crippen LogP contribution in [0.5, 0.6) is 0 Å². The maximum atomic E-state index is 13.5. The Morgan fingerprint density at radius 2 is 1.54 bits per heavy atom. The number of hydrogen-bond acceptors (Lipinski definition) is 7. The van der Waals surface area contributed by atoms with Crippen LogP contribution in [0.15, 0.2) is 120 Å². The van der Waals surface area contributed by atoms with Gasteiger partial charge in [-0.15, -0.1) is 23.1 Å². The normalized spacial score (nSPS) is 11.1. The monoisotopic (exact) mass is 647 g/mol. The summed E-state index contributed by atoms with van der Waals surface area (Å²) in [6, 6.07) is 33.5. The SMILES string of the molecule is Cc1sc(NC(=O)CSc2cccc(NC(=O)/C(=C\c3ccc(N(C)C)cc3)NC(=O)c3ccccc3)c2)nc1-c1ccccc1. The van der Waals surface area contributed by atoms with Crippen molar-refractivity contribution in [2.45, 2.75) is 11.8 Å². The fraction of sp³-hybridized carbons (Fsp3) is 0.111. The van der Waals surface area contributed by atoms with Crippen molar-refractivity contribution in [3.8, 4) is 11.3 Å². The van der Waals surface area contributed by atoms with Crippen molar-refractivity contribution in [2.24, 2.45) is 0 Å². The maximum absolute atomic E-state index is 13.5. The molecule has 1 heterocycles. The lowest BCUT2D eigenvalue weighted by Crippen LogP contribution is -2.30. The molecule has 4 aromatic carbocycles. The Hall–Kier alpha value is -5.19. The molecule has 0 atom stereocenters. The molecule has 8 nitrogen and oxygen atoms in total. The molecule has 0 aliphatic carbocycles. The Morgan fingerprint density at radius 3 is 2.24 bits per heavy atom. The predicted octanol–water partition coefficient (Wildman–Crippen LogP) is 7.32. The molecule has 1 aromatic heterocycles. The molecule has 0 aliphatic rings. The number of anilines is 3. The van der Waals surface area contributed by atoms with Crippen LogP contribution < -0.4 is 20.9 Å². The van der Waals surface area contributed by atoms with E-state index in [1.54, 1.807) is 48.5 Å². The van der Waals surface area contributed by atoms with Gasteiger partial charge in [0.15, 0.2) is 5.13 Å². The second-order valence-electron chi connectivity index (χ2n) is 10.5. The number of aryl methyl sites for hydroxylation is 1. The highest BCUT2D eigenvalue weighted by Gasteiger charge is 2.16. The fourth-order valence-corrected chi connectivity index (χ4v) is 6.06. The van der Waals surface area contributed by atoms with Gasteiger partial charge in [0.25, 0.3) is 11.8 Å². The van der Waals surface area contributed by atoms with Crippen LogP contribution >= 0.6 is 23.1 Å². The predicted molar refractivity (Wildman–Crippen MR) is 189 cm³/mol. The highest BCUT2D eigenvalue weighted by atomic mass is 32.2. The number of benzene rings is 4. The van der Waals surface area contributed by atoms with E-state index in [0.717, 1.165) is 32.3 Å². The van der Waals surface area contributed by atoms with Crippen LogP contribution in [0.4, 0.5) is 16.5 Å². The van der Waals surface area contributed by atoms with Gasteiger partial charge in [-0.2, -0.15) is 0 Å². The lowest BCUT2D eigenvalue weighted by molar-refractivity contribution is -0.114. The van der Waals surface area contributed by atoms with Crippen LogP contribution in [-0.4, -0.2) is 42.6 Å². The van der Waals surface area contributed by atoms with Crippen LogP contribution in [0.25, 0.3) is 17.3 Å². The number of thioether (sulfide) groups is 1. The molecule has 5 rings (SSSR count). The molecule has 3 amide bonds. The van der Waals surface area contributed by atoms with E-state index in [4.69, 9.17) is 0 Å². The van der Waals surface area contributed by atoms with Gasteiger partial charge < -0.3 is 20.9 Å². The summed E-state index contributed by atoms with van der Waals surface area (Å²) in [5, 5.41) is 9.11. The van der Waals surface area contributed by atoms with E-state index in [0.29, 0.717) is 16.4 Å². The molecule has 0 saturated carbocycles. The Morgan fingerprint density at radius 1 is 0.848 bits per heavy atom. The van der Waals surface area contributed by atoms with Crippen LogP contribution in [0.2, 0.25) is 0 Å². The number of carbonyl (C=O) groups is 3. The Labute approximate surface area is 276 Å². The molecule has 10 heteroatoms. The van der Waals surface area contributed by atoms with Gasteiger partial charge in [0, 0.05) is 46.4 Å². The summed E-state index contributed by atoms with van der Waals surface area (Å²) < 4.78 is 0. The van der Waals surface area contributed by atoms with Gasteiger partial charge >= 0.3 is 0 Å². The Balaban J connectivity index is 1.25. The average molecular weight is 648 g/mol. The fourth-order valence-electron chi connectivity index (χ4n) is 4.46. The molecule has 0 spiro atoms. The van der Waals surface area contributed by atoms with Gasteiger partial charge in [-0.25, -0.2) is 4.98 Å². The van der Waals surface area contributed by atoms with Crippen molar-refractivity contribution in [2.75, 3.05) is 35.4 Å². The number of nitrogens with one attached hydrogen (secondary N) is 3. The van der Waals surface area contributed by atoms with Crippen LogP contribution in [0.3, 0.4) is 0 Å². The number of carbonyl (C=O) groups excluding carboxylic acids is 3. The van der Waals surface area contributed by atoms with Gasteiger partial charge in [0.1, 0.15) is 5.70 Å². The van der Waals surface area contributed by atoms with E-state index in [1.165, 1.54) is 23.1 Å². The van der Waals surface area contributed by atoms with E-state index in [9.17, 15) is 14.4 Å². The van der Waals surface area contributed by atoms with Crippen molar-refractivity contribution in [3.05, 3.63) is 131 Å². The van der Waals surface area contributed by atoms with E-state index >= 15 is 0 Å². The summed E-state index contributed by atoms with van der Waals surface area (Å²) in [6.07, 6.45) is 1.64. The van der Waals surface area contributed by atoms with E-state index in [1.807, 2.05) is 92.6 Å². The largest absolute Gasteiger partial charge is 0.378 e. The Kier molecular flexibility index (Phi) is 10.6. The first-order valence-electron chi connectivity index (χ1n) is 14.5. The minimum atomic E-state index is -0.478. The number of rotatable bonds is 11. The standard InChI is InChI=1S/C36H33N5O3S2/c1-24-33(26-11-6-4-7-12-26)40-36(46-24)39-32(42)23-45-30-16-10-15-28(22-30)37-35(44)31(38-34(43)27-13-8-5-9-14-27)21-25-17-19-29(20-18-25)41(2)3/h4-22H,23H2,1-3H3,(H,37,44)(H,38,43)(H,39,40,42)/b31-21+. The highest BCUT2D eigenvalue weighted by Crippen LogP contribution is 2.30. The Bertz CT molecular complexity index is 1850. The molecular weight excluding hydrogens is 615 g/mol. The van der Waals surface area contributed by atoms with Gasteiger partial charge in [0.05, 0.1) is 11.4 Å². The van der Waals surface area contributed by atoms with Gasteiger partial charge in [-0.05, 0) is 61.0 Å².